The fraction of sp³-hybridized carbons (Fsp3) is 0.250. The second-order valence-electron chi connectivity index (χ2n) is 4.96. The van der Waals surface area contributed by atoms with Gasteiger partial charge in [0, 0.05) is 16.7 Å². The number of benzene rings is 2. The molecule has 0 amide bonds. The lowest BCUT2D eigenvalue weighted by Gasteiger charge is -2.13. The molecule has 0 saturated heterocycles. The average molecular weight is 358 g/mol. The summed E-state index contributed by atoms with van der Waals surface area (Å²) in [7, 11) is 0. The van der Waals surface area contributed by atoms with E-state index in [0.717, 1.165) is 21.7 Å². The fourth-order valence-electron chi connectivity index (χ4n) is 2.06. The van der Waals surface area contributed by atoms with Gasteiger partial charge in [-0.2, -0.15) is 13.2 Å². The van der Waals surface area contributed by atoms with Gasteiger partial charge in [0.05, 0.1) is 5.56 Å². The highest BCUT2D eigenvalue weighted by molar-refractivity contribution is 9.10. The Kier molecular flexibility index (Phi) is 4.61. The number of aryl methyl sites for hydroxylation is 2. The van der Waals surface area contributed by atoms with Crippen LogP contribution in [0.15, 0.2) is 40.9 Å². The molecule has 0 bridgehead atoms. The van der Waals surface area contributed by atoms with Gasteiger partial charge in [0.1, 0.15) is 0 Å². The summed E-state index contributed by atoms with van der Waals surface area (Å²) in [5.74, 6) is 0. The standard InChI is InChI=1S/C16H15BrF3N/c1-10-3-5-13(8-14(10)16(18,19)20)21-9-12-4-6-15(17)11(2)7-12/h3-8,21H,9H2,1-2H3. The molecule has 0 fully saturated rings. The van der Waals surface area contributed by atoms with Gasteiger partial charge in [-0.3, -0.25) is 0 Å². The molecular weight excluding hydrogens is 343 g/mol. The van der Waals surface area contributed by atoms with E-state index in [9.17, 15) is 13.2 Å². The summed E-state index contributed by atoms with van der Waals surface area (Å²) in [6, 6.07) is 10.2. The lowest BCUT2D eigenvalue weighted by Crippen LogP contribution is -2.09. The molecule has 0 radical (unpaired) electrons. The number of alkyl halides is 3. The van der Waals surface area contributed by atoms with E-state index in [1.54, 1.807) is 6.07 Å². The number of nitrogens with one attached hydrogen (secondary N) is 1. The van der Waals surface area contributed by atoms with Gasteiger partial charge >= 0.3 is 6.18 Å². The Hall–Kier alpha value is -1.49. The van der Waals surface area contributed by atoms with Crippen molar-refractivity contribution in [2.75, 3.05) is 5.32 Å². The molecule has 21 heavy (non-hydrogen) atoms. The monoisotopic (exact) mass is 357 g/mol. The maximum Gasteiger partial charge on any atom is 0.416 e. The molecule has 0 heterocycles. The summed E-state index contributed by atoms with van der Waals surface area (Å²) < 4.78 is 39.6. The van der Waals surface area contributed by atoms with Crippen molar-refractivity contribution in [1.82, 2.24) is 0 Å². The van der Waals surface area contributed by atoms with Crippen molar-refractivity contribution in [3.8, 4) is 0 Å². The second-order valence-corrected chi connectivity index (χ2v) is 5.82. The molecule has 0 aliphatic carbocycles. The van der Waals surface area contributed by atoms with Crippen LogP contribution in [-0.2, 0) is 12.7 Å². The van der Waals surface area contributed by atoms with Crippen molar-refractivity contribution in [3.05, 3.63) is 63.1 Å². The van der Waals surface area contributed by atoms with Gasteiger partial charge in [0.2, 0.25) is 0 Å². The van der Waals surface area contributed by atoms with Crippen molar-refractivity contribution < 1.29 is 13.2 Å². The van der Waals surface area contributed by atoms with E-state index >= 15 is 0 Å². The topological polar surface area (TPSA) is 12.0 Å². The summed E-state index contributed by atoms with van der Waals surface area (Å²) in [6.45, 7) is 3.92. The number of hydrogen-bond donors (Lipinski definition) is 1. The Balaban J connectivity index is 2.15. The Labute approximate surface area is 130 Å². The minimum atomic E-state index is -4.32. The molecule has 112 valence electrons. The average Bonchev–Trinajstić information content (AvgIpc) is 2.40. The smallest absolute Gasteiger partial charge is 0.381 e. The van der Waals surface area contributed by atoms with Crippen LogP contribution in [-0.4, -0.2) is 0 Å². The zero-order valence-corrected chi connectivity index (χ0v) is 13.3. The molecule has 0 aromatic heterocycles. The first-order valence-electron chi connectivity index (χ1n) is 6.44. The third kappa shape index (κ3) is 4.00. The summed E-state index contributed by atoms with van der Waals surface area (Å²) in [6.07, 6.45) is -4.32. The predicted molar refractivity (Wildman–Crippen MR) is 82.4 cm³/mol. The van der Waals surface area contributed by atoms with Gasteiger partial charge in [-0.15, -0.1) is 0 Å². The van der Waals surface area contributed by atoms with Crippen molar-refractivity contribution in [1.29, 1.82) is 0 Å². The zero-order valence-electron chi connectivity index (χ0n) is 11.7. The molecule has 0 aliphatic heterocycles. The van der Waals surface area contributed by atoms with Crippen LogP contribution in [0.4, 0.5) is 18.9 Å². The number of hydrogen-bond acceptors (Lipinski definition) is 1. The third-order valence-electron chi connectivity index (χ3n) is 3.26. The predicted octanol–water partition coefficient (Wildman–Crippen LogP) is 5.70. The molecule has 0 unspecified atom stereocenters. The minimum Gasteiger partial charge on any atom is -0.381 e. The summed E-state index contributed by atoms with van der Waals surface area (Å²) >= 11 is 3.42. The quantitative estimate of drug-likeness (QED) is 0.743. The number of anilines is 1. The summed E-state index contributed by atoms with van der Waals surface area (Å²) in [5, 5.41) is 3.03. The lowest BCUT2D eigenvalue weighted by molar-refractivity contribution is -0.138. The molecule has 0 atom stereocenters. The fourth-order valence-corrected chi connectivity index (χ4v) is 2.30. The van der Waals surface area contributed by atoms with Gasteiger partial charge in [0.15, 0.2) is 0 Å². The first-order valence-corrected chi connectivity index (χ1v) is 7.23. The van der Waals surface area contributed by atoms with E-state index in [4.69, 9.17) is 0 Å². The van der Waals surface area contributed by atoms with Crippen molar-refractivity contribution in [3.63, 3.8) is 0 Å². The van der Waals surface area contributed by atoms with Crippen LogP contribution in [0.3, 0.4) is 0 Å². The molecule has 2 aromatic carbocycles. The molecule has 1 N–H and O–H groups in total. The molecule has 2 rings (SSSR count). The molecule has 0 saturated carbocycles. The Bertz CT molecular complexity index is 650. The summed E-state index contributed by atoms with van der Waals surface area (Å²) in [4.78, 5) is 0. The molecular formula is C16H15BrF3N. The number of halogens is 4. The maximum absolute atomic E-state index is 12.9. The first kappa shape index (κ1) is 15.9. The van der Waals surface area contributed by atoms with Crippen LogP contribution in [0.1, 0.15) is 22.3 Å². The highest BCUT2D eigenvalue weighted by Gasteiger charge is 2.32. The third-order valence-corrected chi connectivity index (χ3v) is 4.15. The summed E-state index contributed by atoms with van der Waals surface area (Å²) in [5.41, 5.74) is 2.21. The Morgan fingerprint density at radius 3 is 2.33 bits per heavy atom. The van der Waals surface area contributed by atoms with Crippen LogP contribution in [0.25, 0.3) is 0 Å². The zero-order chi connectivity index (χ0) is 15.6. The normalized spacial score (nSPS) is 11.5. The van der Waals surface area contributed by atoms with Gasteiger partial charge in [0.25, 0.3) is 0 Å². The first-order chi connectivity index (χ1) is 9.77. The molecule has 1 nitrogen and oxygen atoms in total. The molecule has 5 heteroatoms. The number of rotatable bonds is 3. The van der Waals surface area contributed by atoms with Crippen LogP contribution in [0.2, 0.25) is 0 Å². The Morgan fingerprint density at radius 1 is 1.00 bits per heavy atom. The van der Waals surface area contributed by atoms with E-state index in [1.807, 2.05) is 25.1 Å². The van der Waals surface area contributed by atoms with Crippen LogP contribution < -0.4 is 5.32 Å². The van der Waals surface area contributed by atoms with E-state index in [1.165, 1.54) is 13.0 Å². The highest BCUT2D eigenvalue weighted by atomic mass is 79.9. The van der Waals surface area contributed by atoms with Gasteiger partial charge in [-0.25, -0.2) is 0 Å². The van der Waals surface area contributed by atoms with Crippen molar-refractivity contribution in [2.45, 2.75) is 26.6 Å². The van der Waals surface area contributed by atoms with Gasteiger partial charge in [-0.1, -0.05) is 34.1 Å². The molecule has 0 spiro atoms. The van der Waals surface area contributed by atoms with Crippen molar-refractivity contribution >= 4 is 21.6 Å². The van der Waals surface area contributed by atoms with E-state index < -0.39 is 11.7 Å². The van der Waals surface area contributed by atoms with E-state index in [2.05, 4.69) is 21.2 Å². The Morgan fingerprint density at radius 2 is 1.71 bits per heavy atom. The molecule has 2 aromatic rings. The largest absolute Gasteiger partial charge is 0.416 e. The minimum absolute atomic E-state index is 0.229. The highest BCUT2D eigenvalue weighted by Crippen LogP contribution is 2.33. The van der Waals surface area contributed by atoms with Crippen molar-refractivity contribution in [2.24, 2.45) is 0 Å². The molecule has 0 aliphatic rings. The van der Waals surface area contributed by atoms with E-state index in [0.29, 0.717) is 12.2 Å². The van der Waals surface area contributed by atoms with Crippen LogP contribution >= 0.6 is 15.9 Å². The maximum atomic E-state index is 12.9. The van der Waals surface area contributed by atoms with E-state index in [-0.39, 0.29) is 5.56 Å². The van der Waals surface area contributed by atoms with Crippen LogP contribution in [0, 0.1) is 13.8 Å². The SMILES string of the molecule is Cc1cc(CNc2ccc(C)c(C(F)(F)F)c2)ccc1Br. The lowest BCUT2D eigenvalue weighted by atomic mass is 10.1. The second kappa shape index (κ2) is 6.10. The van der Waals surface area contributed by atoms with Crippen LogP contribution in [0.5, 0.6) is 0 Å². The van der Waals surface area contributed by atoms with Gasteiger partial charge < -0.3 is 5.32 Å². The van der Waals surface area contributed by atoms with Gasteiger partial charge in [-0.05, 0) is 48.7 Å².